The normalized spacial score (nSPS) is 24.9. The van der Waals surface area contributed by atoms with E-state index in [1.165, 1.54) is 12.1 Å². The zero-order valence-electron chi connectivity index (χ0n) is 20.9. The number of benzene rings is 1. The SMILES string of the molecule is CC(C)COC(=O)c1ccc(NC(=O)COC(=O)[C@H](C(C)C)N2C(=O)[C@@H]3[C@@H](C2=O)[C@H]2C=C[C@H]3C2)cc1. The number of amides is 3. The van der Waals surface area contributed by atoms with Gasteiger partial charge in [-0.2, -0.15) is 0 Å². The summed E-state index contributed by atoms with van der Waals surface area (Å²) in [6.07, 6.45) is 4.79. The zero-order valence-corrected chi connectivity index (χ0v) is 20.9. The summed E-state index contributed by atoms with van der Waals surface area (Å²) in [6.45, 7) is 7.09. The van der Waals surface area contributed by atoms with Crippen LogP contribution in [0.5, 0.6) is 0 Å². The van der Waals surface area contributed by atoms with Crippen LogP contribution in [0.2, 0.25) is 0 Å². The van der Waals surface area contributed by atoms with Gasteiger partial charge in [-0.1, -0.05) is 39.8 Å². The van der Waals surface area contributed by atoms with Crippen molar-refractivity contribution in [1.29, 1.82) is 0 Å². The number of allylic oxidation sites excluding steroid dienone is 2. The Bertz CT molecular complexity index is 1060. The average molecular weight is 497 g/mol. The van der Waals surface area contributed by atoms with E-state index in [2.05, 4.69) is 5.32 Å². The molecule has 1 saturated carbocycles. The number of carbonyl (C=O) groups excluding carboxylic acids is 5. The van der Waals surface area contributed by atoms with Gasteiger partial charge in [0.15, 0.2) is 6.61 Å². The molecule has 2 aliphatic carbocycles. The molecule has 1 aromatic carbocycles. The summed E-state index contributed by atoms with van der Waals surface area (Å²) in [4.78, 5) is 64.6. The van der Waals surface area contributed by atoms with E-state index in [0.717, 1.165) is 11.3 Å². The molecule has 1 aromatic rings. The minimum absolute atomic E-state index is 0.0412. The van der Waals surface area contributed by atoms with Crippen LogP contribution in [0.1, 0.15) is 44.5 Å². The van der Waals surface area contributed by atoms with Crippen LogP contribution in [-0.4, -0.2) is 53.8 Å². The first kappa shape index (κ1) is 25.6. The van der Waals surface area contributed by atoms with Gasteiger partial charge in [0, 0.05) is 5.69 Å². The molecule has 0 radical (unpaired) electrons. The van der Waals surface area contributed by atoms with Gasteiger partial charge < -0.3 is 14.8 Å². The molecule has 1 heterocycles. The summed E-state index contributed by atoms with van der Waals surface area (Å²) >= 11 is 0. The van der Waals surface area contributed by atoms with Crippen LogP contribution in [0.15, 0.2) is 36.4 Å². The van der Waals surface area contributed by atoms with Crippen molar-refractivity contribution in [2.24, 2.45) is 35.5 Å². The molecule has 3 aliphatic rings. The van der Waals surface area contributed by atoms with Crippen LogP contribution in [0, 0.1) is 35.5 Å². The predicted molar refractivity (Wildman–Crippen MR) is 129 cm³/mol. The number of imide groups is 1. The second kappa shape index (κ2) is 10.2. The Morgan fingerprint density at radius 2 is 1.53 bits per heavy atom. The lowest BCUT2D eigenvalue weighted by Crippen LogP contribution is -2.50. The minimum atomic E-state index is -1.08. The van der Waals surface area contributed by atoms with Gasteiger partial charge in [-0.05, 0) is 54.4 Å². The van der Waals surface area contributed by atoms with E-state index in [1.807, 2.05) is 26.0 Å². The molecule has 0 aromatic heterocycles. The lowest BCUT2D eigenvalue weighted by molar-refractivity contribution is -0.162. The van der Waals surface area contributed by atoms with E-state index in [1.54, 1.807) is 26.0 Å². The molecule has 9 nitrogen and oxygen atoms in total. The molecule has 9 heteroatoms. The number of ether oxygens (including phenoxy) is 2. The number of rotatable bonds is 9. The summed E-state index contributed by atoms with van der Waals surface area (Å²) in [7, 11) is 0. The Balaban J connectivity index is 1.32. The summed E-state index contributed by atoms with van der Waals surface area (Å²) in [5.41, 5.74) is 0.769. The Morgan fingerprint density at radius 3 is 2.06 bits per heavy atom. The molecule has 1 N–H and O–H groups in total. The fourth-order valence-corrected chi connectivity index (χ4v) is 5.31. The van der Waals surface area contributed by atoms with Crippen molar-refractivity contribution in [1.82, 2.24) is 4.90 Å². The first-order valence-corrected chi connectivity index (χ1v) is 12.4. The van der Waals surface area contributed by atoms with Crippen LogP contribution in [0.3, 0.4) is 0 Å². The number of likely N-dealkylation sites (tertiary alicyclic amines) is 1. The van der Waals surface area contributed by atoms with Crippen LogP contribution in [0.25, 0.3) is 0 Å². The Hall–Kier alpha value is -3.49. The summed E-state index contributed by atoms with van der Waals surface area (Å²) in [5.74, 6) is -3.36. The third-order valence-corrected chi connectivity index (χ3v) is 6.95. The molecule has 36 heavy (non-hydrogen) atoms. The highest BCUT2D eigenvalue weighted by Crippen LogP contribution is 2.53. The average Bonchev–Trinajstić information content (AvgIpc) is 3.51. The zero-order chi connectivity index (χ0) is 26.1. The van der Waals surface area contributed by atoms with Gasteiger partial charge in [0.05, 0.1) is 24.0 Å². The smallest absolute Gasteiger partial charge is 0.338 e. The molecule has 1 aliphatic heterocycles. The molecular weight excluding hydrogens is 464 g/mol. The number of hydrogen-bond acceptors (Lipinski definition) is 7. The van der Waals surface area contributed by atoms with Crippen LogP contribution >= 0.6 is 0 Å². The lowest BCUT2D eigenvalue weighted by atomic mass is 9.85. The van der Waals surface area contributed by atoms with Gasteiger partial charge in [0.25, 0.3) is 5.91 Å². The van der Waals surface area contributed by atoms with Gasteiger partial charge in [-0.25, -0.2) is 9.59 Å². The molecule has 1 saturated heterocycles. The van der Waals surface area contributed by atoms with E-state index >= 15 is 0 Å². The third kappa shape index (κ3) is 4.92. The van der Waals surface area contributed by atoms with Crippen LogP contribution in [0.4, 0.5) is 5.69 Å². The van der Waals surface area contributed by atoms with Crippen molar-refractivity contribution in [3.8, 4) is 0 Å². The predicted octanol–water partition coefficient (Wildman–Crippen LogP) is 2.81. The first-order chi connectivity index (χ1) is 17.1. The second-order valence-corrected chi connectivity index (χ2v) is 10.5. The monoisotopic (exact) mass is 496 g/mol. The number of esters is 2. The highest BCUT2D eigenvalue weighted by Gasteiger charge is 2.61. The highest BCUT2D eigenvalue weighted by molar-refractivity contribution is 6.09. The largest absolute Gasteiger partial charge is 0.462 e. The number of nitrogens with zero attached hydrogens (tertiary/aromatic N) is 1. The van der Waals surface area contributed by atoms with Crippen molar-refractivity contribution in [2.45, 2.75) is 40.2 Å². The number of fused-ring (bicyclic) bond motifs is 5. The second-order valence-electron chi connectivity index (χ2n) is 10.5. The molecule has 3 amide bonds. The number of hydrogen-bond donors (Lipinski definition) is 1. The fourth-order valence-electron chi connectivity index (χ4n) is 5.31. The summed E-state index contributed by atoms with van der Waals surface area (Å²) < 4.78 is 10.4. The molecular formula is C27H32N2O7. The maximum absolute atomic E-state index is 13.1. The van der Waals surface area contributed by atoms with E-state index in [9.17, 15) is 24.0 Å². The maximum atomic E-state index is 13.1. The van der Waals surface area contributed by atoms with Crippen LogP contribution in [-0.2, 0) is 28.7 Å². The van der Waals surface area contributed by atoms with Crippen molar-refractivity contribution in [2.75, 3.05) is 18.5 Å². The highest BCUT2D eigenvalue weighted by atomic mass is 16.5. The van der Waals surface area contributed by atoms with Gasteiger partial charge >= 0.3 is 11.9 Å². The van der Waals surface area contributed by atoms with E-state index in [-0.39, 0.29) is 35.5 Å². The third-order valence-electron chi connectivity index (χ3n) is 6.95. The van der Waals surface area contributed by atoms with E-state index in [4.69, 9.17) is 9.47 Å². The summed E-state index contributed by atoms with van der Waals surface area (Å²) in [6, 6.07) is 5.07. The van der Waals surface area contributed by atoms with Crippen LogP contribution < -0.4 is 5.32 Å². The molecule has 2 bridgehead atoms. The number of nitrogens with one attached hydrogen (secondary N) is 1. The maximum Gasteiger partial charge on any atom is 0.338 e. The fraction of sp³-hybridized carbons (Fsp3) is 0.519. The van der Waals surface area contributed by atoms with E-state index < -0.39 is 42.3 Å². The van der Waals surface area contributed by atoms with E-state index in [0.29, 0.717) is 17.9 Å². The first-order valence-electron chi connectivity index (χ1n) is 12.4. The topological polar surface area (TPSA) is 119 Å². The van der Waals surface area contributed by atoms with Gasteiger partial charge in [-0.3, -0.25) is 19.3 Å². The lowest BCUT2D eigenvalue weighted by Gasteiger charge is -2.28. The molecule has 0 unspecified atom stereocenters. The molecule has 0 spiro atoms. The standard InChI is InChI=1S/C27H32N2O7/c1-14(2)12-35-26(33)16-7-9-19(10-8-16)28-20(30)13-36-27(34)23(15(3)4)29-24(31)21-17-5-6-18(11-17)22(21)25(29)32/h5-10,14-15,17-18,21-23H,11-13H2,1-4H3,(H,28,30)/t17-,18-,21-,22-,23-/m0/s1. The van der Waals surface area contributed by atoms with Gasteiger partial charge in [0.1, 0.15) is 6.04 Å². The Kier molecular flexibility index (Phi) is 7.28. The quantitative estimate of drug-likeness (QED) is 0.317. The number of anilines is 1. The summed E-state index contributed by atoms with van der Waals surface area (Å²) in [5, 5.41) is 2.60. The van der Waals surface area contributed by atoms with Crippen molar-refractivity contribution >= 4 is 35.3 Å². The molecule has 2 fully saturated rings. The van der Waals surface area contributed by atoms with Gasteiger partial charge in [-0.15, -0.1) is 0 Å². The Labute approximate surface area is 210 Å². The molecule has 192 valence electrons. The molecule has 4 rings (SSSR count). The minimum Gasteiger partial charge on any atom is -0.462 e. The van der Waals surface area contributed by atoms with Gasteiger partial charge in [0.2, 0.25) is 11.8 Å². The molecule has 5 atom stereocenters. The van der Waals surface area contributed by atoms with Crippen molar-refractivity contribution in [3.63, 3.8) is 0 Å². The Morgan fingerprint density at radius 1 is 0.944 bits per heavy atom. The van der Waals surface area contributed by atoms with Crippen molar-refractivity contribution < 1.29 is 33.4 Å². The van der Waals surface area contributed by atoms with Crippen molar-refractivity contribution in [3.05, 3.63) is 42.0 Å². The number of carbonyl (C=O) groups is 5.